The topological polar surface area (TPSA) is 29.9 Å². The highest BCUT2D eigenvalue weighted by atomic mass is 15.3. The van der Waals surface area contributed by atoms with E-state index in [0.717, 1.165) is 18.2 Å². The second-order valence-electron chi connectivity index (χ2n) is 5.46. The number of rotatable bonds is 5. The largest absolute Gasteiger partial charge is 0.310 e. The van der Waals surface area contributed by atoms with E-state index in [4.69, 9.17) is 0 Å². The molecule has 1 aromatic rings. The van der Waals surface area contributed by atoms with Gasteiger partial charge in [0.15, 0.2) is 0 Å². The summed E-state index contributed by atoms with van der Waals surface area (Å²) in [5, 5.41) is 8.02. The van der Waals surface area contributed by atoms with E-state index in [-0.39, 0.29) is 0 Å². The molecule has 96 valence electrons. The number of nitrogens with zero attached hydrogens (tertiary/aromatic N) is 2. The average Bonchev–Trinajstić information content (AvgIpc) is 2.88. The van der Waals surface area contributed by atoms with Gasteiger partial charge < -0.3 is 5.32 Å². The lowest BCUT2D eigenvalue weighted by atomic mass is 10.0. The van der Waals surface area contributed by atoms with Crippen molar-refractivity contribution in [1.29, 1.82) is 0 Å². The van der Waals surface area contributed by atoms with E-state index < -0.39 is 0 Å². The third kappa shape index (κ3) is 3.32. The molecule has 0 radical (unpaired) electrons. The van der Waals surface area contributed by atoms with Gasteiger partial charge in [0, 0.05) is 24.8 Å². The number of aryl methyl sites for hydroxylation is 2. The van der Waals surface area contributed by atoms with Gasteiger partial charge in [-0.15, -0.1) is 0 Å². The van der Waals surface area contributed by atoms with Crippen molar-refractivity contribution in [3.63, 3.8) is 0 Å². The van der Waals surface area contributed by atoms with Gasteiger partial charge >= 0.3 is 0 Å². The molecule has 0 aliphatic heterocycles. The van der Waals surface area contributed by atoms with E-state index in [9.17, 15) is 0 Å². The minimum Gasteiger partial charge on any atom is -0.310 e. The first-order valence-electron chi connectivity index (χ1n) is 6.90. The van der Waals surface area contributed by atoms with Gasteiger partial charge in [-0.1, -0.05) is 25.7 Å². The first-order chi connectivity index (χ1) is 8.16. The van der Waals surface area contributed by atoms with Crippen LogP contribution in [0.2, 0.25) is 0 Å². The van der Waals surface area contributed by atoms with Crippen molar-refractivity contribution in [3.05, 3.63) is 17.5 Å². The summed E-state index contributed by atoms with van der Waals surface area (Å²) in [4.78, 5) is 0. The fourth-order valence-corrected chi connectivity index (χ4v) is 2.96. The third-order valence-corrected chi connectivity index (χ3v) is 4.00. The number of hydrogen-bond donors (Lipinski definition) is 1. The van der Waals surface area contributed by atoms with E-state index in [2.05, 4.69) is 30.5 Å². The first kappa shape index (κ1) is 12.6. The lowest BCUT2D eigenvalue weighted by Gasteiger charge is -2.15. The summed E-state index contributed by atoms with van der Waals surface area (Å²) in [7, 11) is 1.99. The smallest absolute Gasteiger partial charge is 0.0641 e. The van der Waals surface area contributed by atoms with E-state index >= 15 is 0 Å². The monoisotopic (exact) mass is 235 g/mol. The molecular formula is C14H25N3. The molecular weight excluding hydrogens is 210 g/mol. The van der Waals surface area contributed by atoms with Crippen LogP contribution < -0.4 is 5.32 Å². The fraction of sp³-hybridized carbons (Fsp3) is 0.786. The summed E-state index contributed by atoms with van der Waals surface area (Å²) >= 11 is 0. The van der Waals surface area contributed by atoms with Crippen molar-refractivity contribution in [3.8, 4) is 0 Å². The van der Waals surface area contributed by atoms with Crippen LogP contribution in [0.4, 0.5) is 0 Å². The number of nitrogens with one attached hydrogen (secondary N) is 1. The molecule has 1 N–H and O–H groups in total. The molecule has 0 aromatic carbocycles. The Morgan fingerprint density at radius 3 is 2.76 bits per heavy atom. The Kier molecular flexibility index (Phi) is 4.21. The van der Waals surface area contributed by atoms with Crippen LogP contribution in [0, 0.1) is 12.8 Å². The van der Waals surface area contributed by atoms with E-state index in [0.29, 0.717) is 6.04 Å². The van der Waals surface area contributed by atoms with Crippen molar-refractivity contribution in [1.82, 2.24) is 15.1 Å². The molecule has 1 saturated carbocycles. The maximum atomic E-state index is 4.39. The van der Waals surface area contributed by atoms with Gasteiger partial charge in [0.25, 0.3) is 0 Å². The highest BCUT2D eigenvalue weighted by Crippen LogP contribution is 2.27. The highest BCUT2D eigenvalue weighted by molar-refractivity contribution is 5.19. The van der Waals surface area contributed by atoms with E-state index in [1.165, 1.54) is 37.7 Å². The van der Waals surface area contributed by atoms with Gasteiger partial charge in [0.2, 0.25) is 0 Å². The van der Waals surface area contributed by atoms with Crippen molar-refractivity contribution in [2.24, 2.45) is 13.0 Å². The van der Waals surface area contributed by atoms with Crippen molar-refractivity contribution >= 4 is 0 Å². The lowest BCUT2D eigenvalue weighted by Crippen LogP contribution is -2.21. The second kappa shape index (κ2) is 5.67. The Morgan fingerprint density at radius 1 is 1.47 bits per heavy atom. The predicted octanol–water partition coefficient (Wildman–Crippen LogP) is 2.96. The first-order valence-corrected chi connectivity index (χ1v) is 6.90. The molecule has 3 nitrogen and oxygen atoms in total. The Bertz CT molecular complexity index is 350. The van der Waals surface area contributed by atoms with Crippen LogP contribution in [0.15, 0.2) is 6.20 Å². The standard InChI is InChI=1S/C14H25N3/c1-11(14-10-17(3)16-12(14)2)15-9-8-13-6-4-5-7-13/h10-11,13,15H,4-9H2,1-3H3. The minimum absolute atomic E-state index is 0.421. The minimum atomic E-state index is 0.421. The Balaban J connectivity index is 1.76. The molecule has 2 rings (SSSR count). The summed E-state index contributed by atoms with van der Waals surface area (Å²) in [5.41, 5.74) is 2.48. The zero-order valence-electron chi connectivity index (χ0n) is 11.4. The molecule has 1 aromatic heterocycles. The molecule has 1 aliphatic carbocycles. The molecule has 0 saturated heterocycles. The summed E-state index contributed by atoms with van der Waals surface area (Å²) in [6.07, 6.45) is 9.25. The van der Waals surface area contributed by atoms with Crippen LogP contribution in [0.25, 0.3) is 0 Å². The van der Waals surface area contributed by atoms with Crippen molar-refractivity contribution in [2.75, 3.05) is 6.54 Å². The quantitative estimate of drug-likeness (QED) is 0.850. The number of hydrogen-bond acceptors (Lipinski definition) is 2. The normalized spacial score (nSPS) is 18.8. The predicted molar refractivity (Wildman–Crippen MR) is 70.9 cm³/mol. The zero-order chi connectivity index (χ0) is 12.3. The third-order valence-electron chi connectivity index (χ3n) is 4.00. The Labute approximate surface area is 105 Å². The molecule has 1 fully saturated rings. The Morgan fingerprint density at radius 2 is 2.18 bits per heavy atom. The molecule has 0 bridgehead atoms. The lowest BCUT2D eigenvalue weighted by molar-refractivity contribution is 0.454. The Hall–Kier alpha value is -0.830. The summed E-state index contributed by atoms with van der Waals surface area (Å²) in [5.74, 6) is 0.977. The zero-order valence-corrected chi connectivity index (χ0v) is 11.4. The average molecular weight is 235 g/mol. The van der Waals surface area contributed by atoms with E-state index in [1.54, 1.807) is 0 Å². The maximum absolute atomic E-state index is 4.39. The second-order valence-corrected chi connectivity index (χ2v) is 5.46. The molecule has 0 spiro atoms. The van der Waals surface area contributed by atoms with Crippen LogP contribution in [0.3, 0.4) is 0 Å². The van der Waals surface area contributed by atoms with Crippen LogP contribution >= 0.6 is 0 Å². The van der Waals surface area contributed by atoms with Gasteiger partial charge in [-0.05, 0) is 32.7 Å². The van der Waals surface area contributed by atoms with Gasteiger partial charge in [0.05, 0.1) is 5.69 Å². The van der Waals surface area contributed by atoms with E-state index in [1.807, 2.05) is 11.7 Å². The molecule has 3 heteroatoms. The molecule has 1 heterocycles. The summed E-state index contributed by atoms with van der Waals surface area (Å²) < 4.78 is 1.90. The summed E-state index contributed by atoms with van der Waals surface area (Å²) in [6, 6.07) is 0.421. The fourth-order valence-electron chi connectivity index (χ4n) is 2.96. The molecule has 0 amide bonds. The summed E-state index contributed by atoms with van der Waals surface area (Å²) in [6.45, 7) is 5.46. The molecule has 1 atom stereocenters. The van der Waals surface area contributed by atoms with Crippen LogP contribution in [0.1, 0.15) is 56.3 Å². The van der Waals surface area contributed by atoms with Crippen LogP contribution in [0.5, 0.6) is 0 Å². The number of aromatic nitrogens is 2. The van der Waals surface area contributed by atoms with Gasteiger partial charge in [0.1, 0.15) is 0 Å². The van der Waals surface area contributed by atoms with Gasteiger partial charge in [-0.3, -0.25) is 4.68 Å². The van der Waals surface area contributed by atoms with Crippen LogP contribution in [-0.4, -0.2) is 16.3 Å². The maximum Gasteiger partial charge on any atom is 0.0641 e. The molecule has 1 unspecified atom stereocenters. The van der Waals surface area contributed by atoms with Crippen molar-refractivity contribution < 1.29 is 0 Å². The highest BCUT2D eigenvalue weighted by Gasteiger charge is 2.15. The molecule has 1 aliphatic rings. The van der Waals surface area contributed by atoms with Gasteiger partial charge in [-0.25, -0.2) is 0 Å². The molecule has 17 heavy (non-hydrogen) atoms. The van der Waals surface area contributed by atoms with Crippen molar-refractivity contribution in [2.45, 2.75) is 52.0 Å². The van der Waals surface area contributed by atoms with Gasteiger partial charge in [-0.2, -0.15) is 5.10 Å². The SMILES string of the molecule is Cc1nn(C)cc1C(C)NCCC1CCCC1. The van der Waals surface area contributed by atoms with Crippen LogP contribution in [-0.2, 0) is 7.05 Å².